The lowest BCUT2D eigenvalue weighted by Crippen LogP contribution is -2.36. The van der Waals surface area contributed by atoms with Gasteiger partial charge < -0.3 is 5.32 Å². The molecule has 2 rings (SSSR count). The van der Waals surface area contributed by atoms with E-state index >= 15 is 0 Å². The Balaban J connectivity index is 2.18. The second-order valence-corrected chi connectivity index (χ2v) is 6.60. The van der Waals surface area contributed by atoms with Gasteiger partial charge in [-0.15, -0.1) is 0 Å². The fourth-order valence-electron chi connectivity index (χ4n) is 2.01. The van der Waals surface area contributed by atoms with E-state index in [0.29, 0.717) is 0 Å². The van der Waals surface area contributed by atoms with Crippen LogP contribution in [0.1, 0.15) is 26.3 Å². The number of para-hydroxylation sites is 1. The first-order valence-corrected chi connectivity index (χ1v) is 7.93. The number of nitrogens with one attached hydrogen (secondary N) is 1. The predicted octanol–water partition coefficient (Wildman–Crippen LogP) is 3.19. The van der Waals surface area contributed by atoms with Crippen molar-refractivity contribution in [3.63, 3.8) is 0 Å². The first-order chi connectivity index (χ1) is 9.99. The van der Waals surface area contributed by atoms with E-state index in [1.807, 2.05) is 43.7 Å². The summed E-state index contributed by atoms with van der Waals surface area (Å²) in [5.41, 5.74) is 2.27. The molecule has 0 aliphatic rings. The highest BCUT2D eigenvalue weighted by atomic mass is 32.2. The lowest BCUT2D eigenvalue weighted by atomic mass is 10.2. The summed E-state index contributed by atoms with van der Waals surface area (Å²) in [4.78, 5) is 16.4. The Kier molecular flexibility index (Phi) is 5.07. The molecule has 1 aromatic carbocycles. The monoisotopic (exact) mass is 303 g/mol. The van der Waals surface area contributed by atoms with Crippen molar-refractivity contribution in [3.8, 4) is 5.69 Å². The van der Waals surface area contributed by atoms with Crippen molar-refractivity contribution in [1.29, 1.82) is 0 Å². The Morgan fingerprint density at radius 1 is 1.29 bits per heavy atom. The molecule has 0 aliphatic heterocycles. The van der Waals surface area contributed by atoms with E-state index in [4.69, 9.17) is 0 Å². The minimum atomic E-state index is -0.183. The highest BCUT2D eigenvalue weighted by molar-refractivity contribution is 8.00. The summed E-state index contributed by atoms with van der Waals surface area (Å²) >= 11 is 1.47. The Bertz CT molecular complexity index is 621. The largest absolute Gasteiger partial charge is 0.353 e. The quantitative estimate of drug-likeness (QED) is 0.863. The molecule has 1 N–H and O–H groups in total. The van der Waals surface area contributed by atoms with E-state index in [1.165, 1.54) is 17.3 Å². The summed E-state index contributed by atoms with van der Waals surface area (Å²) in [7, 11) is 0. The number of aromatic nitrogens is 2. The van der Waals surface area contributed by atoms with Gasteiger partial charge in [-0.1, -0.05) is 30.0 Å². The lowest BCUT2D eigenvalue weighted by molar-refractivity contribution is -0.120. The van der Waals surface area contributed by atoms with Crippen LogP contribution in [-0.4, -0.2) is 26.8 Å². The van der Waals surface area contributed by atoms with E-state index < -0.39 is 0 Å². The molecule has 1 amide bonds. The maximum absolute atomic E-state index is 12.0. The third kappa shape index (κ3) is 3.88. The fourth-order valence-corrected chi connectivity index (χ4v) is 2.89. The number of thioether (sulfide) groups is 1. The molecule has 1 atom stereocenters. The predicted molar refractivity (Wildman–Crippen MR) is 86.9 cm³/mol. The van der Waals surface area contributed by atoms with Gasteiger partial charge in [0.25, 0.3) is 0 Å². The van der Waals surface area contributed by atoms with Gasteiger partial charge in [0.2, 0.25) is 5.91 Å². The molecule has 4 nitrogen and oxygen atoms in total. The van der Waals surface area contributed by atoms with Gasteiger partial charge in [0.1, 0.15) is 0 Å². The number of hydrogen-bond donors (Lipinski definition) is 1. The normalized spacial score (nSPS) is 12.4. The van der Waals surface area contributed by atoms with Gasteiger partial charge >= 0.3 is 0 Å². The minimum absolute atomic E-state index is 0.0364. The zero-order chi connectivity index (χ0) is 15.4. The van der Waals surface area contributed by atoms with E-state index in [0.717, 1.165) is 10.8 Å². The maximum atomic E-state index is 12.0. The van der Waals surface area contributed by atoms with Crippen LogP contribution in [-0.2, 0) is 4.79 Å². The lowest BCUT2D eigenvalue weighted by Gasteiger charge is -2.15. The molecule has 21 heavy (non-hydrogen) atoms. The first kappa shape index (κ1) is 15.6. The second kappa shape index (κ2) is 6.80. The highest BCUT2D eigenvalue weighted by Crippen LogP contribution is 2.26. The molecule has 0 bridgehead atoms. The molecule has 0 saturated heterocycles. The van der Waals surface area contributed by atoms with Crippen molar-refractivity contribution in [2.75, 3.05) is 0 Å². The van der Waals surface area contributed by atoms with Crippen molar-refractivity contribution in [3.05, 3.63) is 42.2 Å². The van der Waals surface area contributed by atoms with Crippen LogP contribution in [0.2, 0.25) is 0 Å². The molecule has 0 aliphatic carbocycles. The molecular formula is C16H21N3OS. The fraction of sp³-hybridized carbons (Fsp3) is 0.375. The Morgan fingerprint density at radius 3 is 2.67 bits per heavy atom. The van der Waals surface area contributed by atoms with Crippen LogP contribution in [0.4, 0.5) is 0 Å². The van der Waals surface area contributed by atoms with E-state index in [-0.39, 0.29) is 17.2 Å². The number of hydrogen-bond acceptors (Lipinski definition) is 3. The maximum Gasteiger partial charge on any atom is 0.233 e. The van der Waals surface area contributed by atoms with Crippen LogP contribution in [0.25, 0.3) is 5.69 Å². The van der Waals surface area contributed by atoms with Crippen LogP contribution in [0, 0.1) is 6.92 Å². The van der Waals surface area contributed by atoms with Crippen molar-refractivity contribution in [2.24, 2.45) is 0 Å². The molecule has 5 heteroatoms. The molecule has 0 spiro atoms. The van der Waals surface area contributed by atoms with Crippen LogP contribution < -0.4 is 5.32 Å². The van der Waals surface area contributed by atoms with Crippen molar-refractivity contribution in [2.45, 2.75) is 44.1 Å². The summed E-state index contributed by atoms with van der Waals surface area (Å²) in [5, 5.41) is 3.58. The topological polar surface area (TPSA) is 46.9 Å². The number of benzene rings is 1. The average molecular weight is 303 g/mol. The molecule has 0 radical (unpaired) electrons. The number of rotatable bonds is 5. The Labute approximate surface area is 130 Å². The molecule has 0 saturated carbocycles. The zero-order valence-corrected chi connectivity index (χ0v) is 13.6. The number of amides is 1. The Morgan fingerprint density at radius 2 is 2.00 bits per heavy atom. The molecule has 1 aromatic heterocycles. The van der Waals surface area contributed by atoms with Gasteiger partial charge in [-0.05, 0) is 39.3 Å². The zero-order valence-electron chi connectivity index (χ0n) is 12.8. The molecular weight excluding hydrogens is 282 g/mol. The summed E-state index contributed by atoms with van der Waals surface area (Å²) < 4.78 is 2.03. The Hall–Kier alpha value is -1.75. The van der Waals surface area contributed by atoms with Gasteiger partial charge in [0, 0.05) is 18.4 Å². The summed E-state index contributed by atoms with van der Waals surface area (Å²) in [5.74, 6) is 0.0364. The van der Waals surface area contributed by atoms with Gasteiger partial charge in [-0.3, -0.25) is 9.36 Å². The van der Waals surface area contributed by atoms with Gasteiger partial charge in [0.15, 0.2) is 5.16 Å². The third-order valence-electron chi connectivity index (χ3n) is 3.06. The van der Waals surface area contributed by atoms with Crippen LogP contribution >= 0.6 is 11.8 Å². The minimum Gasteiger partial charge on any atom is -0.353 e. The number of nitrogens with zero attached hydrogens (tertiary/aromatic N) is 2. The number of carbonyl (C=O) groups excluding carboxylic acids is 1. The smallest absolute Gasteiger partial charge is 0.233 e. The summed E-state index contributed by atoms with van der Waals surface area (Å²) in [6.45, 7) is 7.89. The van der Waals surface area contributed by atoms with Crippen LogP contribution in [0.3, 0.4) is 0 Å². The van der Waals surface area contributed by atoms with Crippen LogP contribution in [0.5, 0.6) is 0 Å². The van der Waals surface area contributed by atoms with Crippen molar-refractivity contribution >= 4 is 17.7 Å². The van der Waals surface area contributed by atoms with E-state index in [1.54, 1.807) is 6.20 Å². The molecule has 112 valence electrons. The number of carbonyl (C=O) groups is 1. The average Bonchev–Trinajstić information content (AvgIpc) is 2.86. The van der Waals surface area contributed by atoms with E-state index in [2.05, 4.69) is 29.4 Å². The first-order valence-electron chi connectivity index (χ1n) is 7.05. The molecule has 1 unspecified atom stereocenters. The molecule has 0 fully saturated rings. The van der Waals surface area contributed by atoms with Gasteiger partial charge in [0.05, 0.1) is 10.9 Å². The summed E-state index contributed by atoms with van der Waals surface area (Å²) in [6.07, 6.45) is 3.69. The van der Waals surface area contributed by atoms with Crippen LogP contribution in [0.15, 0.2) is 41.8 Å². The SMILES string of the molecule is Cc1ccccc1-n1ccnc1SC(C)C(=O)NC(C)C. The molecule has 1 heterocycles. The van der Waals surface area contributed by atoms with Crippen molar-refractivity contribution in [1.82, 2.24) is 14.9 Å². The third-order valence-corrected chi connectivity index (χ3v) is 4.14. The standard InChI is InChI=1S/C16H21N3OS/c1-11(2)18-15(20)13(4)21-16-17-9-10-19(16)14-8-6-5-7-12(14)3/h5-11,13H,1-4H3,(H,18,20). The van der Waals surface area contributed by atoms with E-state index in [9.17, 15) is 4.79 Å². The highest BCUT2D eigenvalue weighted by Gasteiger charge is 2.18. The summed E-state index contributed by atoms with van der Waals surface area (Å²) in [6, 6.07) is 8.29. The molecule has 2 aromatic rings. The number of imidazole rings is 1. The number of aryl methyl sites for hydroxylation is 1. The van der Waals surface area contributed by atoms with Gasteiger partial charge in [-0.25, -0.2) is 4.98 Å². The second-order valence-electron chi connectivity index (χ2n) is 5.29. The van der Waals surface area contributed by atoms with Crippen molar-refractivity contribution < 1.29 is 4.79 Å². The van der Waals surface area contributed by atoms with Gasteiger partial charge in [-0.2, -0.15) is 0 Å².